The van der Waals surface area contributed by atoms with Crippen LogP contribution in [0.15, 0.2) is 0 Å². The van der Waals surface area contributed by atoms with Crippen LogP contribution in [0.4, 0.5) is 0 Å². The second-order valence-electron chi connectivity index (χ2n) is 1.23. The van der Waals surface area contributed by atoms with Crippen LogP contribution in [-0.2, 0) is 4.79 Å². The fourth-order valence-corrected chi connectivity index (χ4v) is 1.81. The van der Waals surface area contributed by atoms with Gasteiger partial charge in [-0.15, -0.1) is 0 Å². The number of halogens is 1. The number of carbonyl (C=O) groups is 1. The van der Waals surface area contributed by atoms with E-state index < -0.39 is 0 Å². The lowest BCUT2D eigenvalue weighted by Gasteiger charge is -1.99. The molecule has 1 fully saturated rings. The summed E-state index contributed by atoms with van der Waals surface area (Å²) >= 11 is 9.11. The second kappa shape index (κ2) is 2.33. The van der Waals surface area contributed by atoms with E-state index in [1.807, 2.05) is 0 Å². The first-order chi connectivity index (χ1) is 3.72. The van der Waals surface area contributed by atoms with Crippen LogP contribution in [0.1, 0.15) is 0 Å². The molecule has 1 aliphatic rings. The van der Waals surface area contributed by atoms with E-state index in [9.17, 15) is 4.79 Å². The molecule has 0 bridgehead atoms. The molecule has 5 heteroatoms. The summed E-state index contributed by atoms with van der Waals surface area (Å²) in [5.74, 6) is 0.504. The van der Waals surface area contributed by atoms with Crippen LogP contribution in [0.5, 0.6) is 0 Å². The van der Waals surface area contributed by atoms with Crippen LogP contribution in [0.2, 0.25) is 0 Å². The van der Waals surface area contributed by atoms with Gasteiger partial charge < -0.3 is 0 Å². The number of hydrogen-bond donors (Lipinski definition) is 0. The van der Waals surface area contributed by atoms with Gasteiger partial charge >= 0.3 is 0 Å². The highest BCUT2D eigenvalue weighted by Gasteiger charge is 2.23. The largest absolute Gasteiger partial charge is 0.273 e. The van der Waals surface area contributed by atoms with Crippen LogP contribution >= 0.6 is 40.1 Å². The predicted octanol–water partition coefficient (Wildman–Crippen LogP) is 1.16. The molecule has 1 aliphatic heterocycles. The number of amides is 1. The van der Waals surface area contributed by atoms with Gasteiger partial charge in [0.2, 0.25) is 5.91 Å². The van der Waals surface area contributed by atoms with Crippen LogP contribution in [0.3, 0.4) is 0 Å². The van der Waals surface area contributed by atoms with Crippen molar-refractivity contribution in [2.75, 3.05) is 5.75 Å². The Bertz CT molecular complexity index is 132. The van der Waals surface area contributed by atoms with Crippen molar-refractivity contribution in [3.8, 4) is 0 Å². The standard InChI is InChI=1S/C3H2BrNOS2/c4-5-2(6)1-8-3(5)7/h1H2. The summed E-state index contributed by atoms with van der Waals surface area (Å²) in [6, 6.07) is 0. The Balaban J connectivity index is 2.70. The maximum atomic E-state index is 10.6. The van der Waals surface area contributed by atoms with Crippen LogP contribution in [0, 0.1) is 0 Å². The SMILES string of the molecule is O=C1CSC(=S)N1Br. The fraction of sp³-hybridized carbons (Fsp3) is 0.333. The molecule has 0 atom stereocenters. The van der Waals surface area contributed by atoms with E-state index in [1.54, 1.807) is 0 Å². The molecular formula is C3H2BrNOS2. The fourth-order valence-electron chi connectivity index (χ4n) is 0.339. The van der Waals surface area contributed by atoms with E-state index in [0.717, 1.165) is 0 Å². The molecule has 0 aromatic rings. The molecule has 1 heterocycles. The van der Waals surface area contributed by atoms with E-state index in [2.05, 4.69) is 16.1 Å². The van der Waals surface area contributed by atoms with Gasteiger partial charge in [0.05, 0.1) is 21.9 Å². The Morgan fingerprint density at radius 1 is 1.88 bits per heavy atom. The third-order valence-corrected chi connectivity index (χ3v) is 3.27. The van der Waals surface area contributed by atoms with Gasteiger partial charge in [-0.1, -0.05) is 24.0 Å². The Hall–Kier alpha value is 0.390. The topological polar surface area (TPSA) is 20.3 Å². The van der Waals surface area contributed by atoms with Crippen LogP contribution < -0.4 is 0 Å². The van der Waals surface area contributed by atoms with Crippen molar-refractivity contribution >= 4 is 50.4 Å². The monoisotopic (exact) mass is 211 g/mol. The predicted molar refractivity (Wildman–Crippen MR) is 40.8 cm³/mol. The molecule has 1 saturated heterocycles. The molecule has 0 saturated carbocycles. The van der Waals surface area contributed by atoms with Gasteiger partial charge in [0, 0.05) is 0 Å². The molecule has 0 aromatic carbocycles. The van der Waals surface area contributed by atoms with Crippen molar-refractivity contribution < 1.29 is 4.79 Å². The first-order valence-electron chi connectivity index (χ1n) is 1.87. The average Bonchev–Trinajstić information content (AvgIpc) is 1.98. The van der Waals surface area contributed by atoms with E-state index in [4.69, 9.17) is 12.2 Å². The van der Waals surface area contributed by atoms with Gasteiger partial charge in [0.15, 0.2) is 4.32 Å². The number of hydrogen-bond acceptors (Lipinski definition) is 3. The zero-order valence-electron chi connectivity index (χ0n) is 3.76. The van der Waals surface area contributed by atoms with Gasteiger partial charge in [-0.05, 0) is 0 Å². The maximum absolute atomic E-state index is 10.6. The summed E-state index contributed by atoms with van der Waals surface area (Å²) in [5.41, 5.74) is 0. The van der Waals surface area contributed by atoms with E-state index in [1.165, 1.54) is 15.7 Å². The maximum Gasteiger partial charge on any atom is 0.248 e. The third-order valence-electron chi connectivity index (χ3n) is 0.698. The average molecular weight is 212 g/mol. The zero-order valence-corrected chi connectivity index (χ0v) is 6.98. The normalized spacial score (nSPS) is 20.4. The molecule has 1 amide bonds. The van der Waals surface area contributed by atoms with Gasteiger partial charge in [0.25, 0.3) is 0 Å². The van der Waals surface area contributed by atoms with E-state index >= 15 is 0 Å². The number of thioether (sulfide) groups is 1. The summed E-state index contributed by atoms with van der Waals surface area (Å²) in [7, 11) is 0. The minimum Gasteiger partial charge on any atom is -0.273 e. The summed E-state index contributed by atoms with van der Waals surface area (Å²) in [5, 5.41) is 0. The molecule has 44 valence electrons. The summed E-state index contributed by atoms with van der Waals surface area (Å²) < 4.78 is 1.92. The van der Waals surface area contributed by atoms with Gasteiger partial charge in [-0.25, -0.2) is 3.93 Å². The lowest BCUT2D eigenvalue weighted by atomic mass is 10.7. The smallest absolute Gasteiger partial charge is 0.248 e. The van der Waals surface area contributed by atoms with Crippen molar-refractivity contribution in [2.45, 2.75) is 0 Å². The van der Waals surface area contributed by atoms with E-state index in [-0.39, 0.29) is 5.91 Å². The third kappa shape index (κ3) is 1.04. The highest BCUT2D eigenvalue weighted by molar-refractivity contribution is 9.08. The van der Waals surface area contributed by atoms with Crippen molar-refractivity contribution in [2.24, 2.45) is 0 Å². The van der Waals surface area contributed by atoms with Gasteiger partial charge in [-0.2, -0.15) is 0 Å². The van der Waals surface area contributed by atoms with Crippen LogP contribution in [-0.4, -0.2) is 19.9 Å². The van der Waals surface area contributed by atoms with Gasteiger partial charge in [-0.3, -0.25) is 4.79 Å². The second-order valence-corrected chi connectivity index (χ2v) is 3.55. The molecule has 2 nitrogen and oxygen atoms in total. The summed E-state index contributed by atoms with van der Waals surface area (Å²) in [6.07, 6.45) is 0. The molecule has 0 N–H and O–H groups in total. The molecular weight excluding hydrogens is 210 g/mol. The molecule has 0 spiro atoms. The Labute approximate surface area is 64.9 Å². The highest BCUT2D eigenvalue weighted by Crippen LogP contribution is 2.21. The summed E-state index contributed by atoms with van der Waals surface area (Å²) in [4.78, 5) is 10.6. The molecule has 0 aromatic heterocycles. The highest BCUT2D eigenvalue weighted by atomic mass is 79.9. The van der Waals surface area contributed by atoms with Crippen molar-refractivity contribution in [1.29, 1.82) is 0 Å². The number of nitrogens with zero attached hydrogens (tertiary/aromatic N) is 1. The van der Waals surface area contributed by atoms with Gasteiger partial charge in [0.1, 0.15) is 0 Å². The lowest BCUT2D eigenvalue weighted by Crippen LogP contribution is -2.15. The lowest BCUT2D eigenvalue weighted by molar-refractivity contribution is -0.120. The van der Waals surface area contributed by atoms with Crippen molar-refractivity contribution in [3.05, 3.63) is 0 Å². The molecule has 1 rings (SSSR count). The van der Waals surface area contributed by atoms with E-state index in [0.29, 0.717) is 10.1 Å². The molecule has 0 radical (unpaired) electrons. The Morgan fingerprint density at radius 3 is 2.62 bits per heavy atom. The Morgan fingerprint density at radius 2 is 2.50 bits per heavy atom. The number of rotatable bonds is 0. The summed E-state index contributed by atoms with van der Waals surface area (Å²) in [6.45, 7) is 0. The van der Waals surface area contributed by atoms with Crippen molar-refractivity contribution in [1.82, 2.24) is 3.93 Å². The first kappa shape index (κ1) is 6.51. The molecule has 8 heavy (non-hydrogen) atoms. The minimum absolute atomic E-state index is 0.0278. The van der Waals surface area contributed by atoms with Crippen molar-refractivity contribution in [3.63, 3.8) is 0 Å². The first-order valence-corrected chi connectivity index (χ1v) is 3.97. The number of carbonyl (C=O) groups excluding carboxylic acids is 1. The van der Waals surface area contributed by atoms with Crippen LogP contribution in [0.25, 0.3) is 0 Å². The Kier molecular flexibility index (Phi) is 1.89. The number of thiocarbonyl (C=S) groups is 1. The molecule has 0 unspecified atom stereocenters. The quantitative estimate of drug-likeness (QED) is 0.444. The zero-order chi connectivity index (χ0) is 6.15. The molecule has 0 aliphatic carbocycles. The minimum atomic E-state index is 0.0278.